The molecule has 1 saturated carbocycles. The number of nitrogens with two attached hydrogens (primary N) is 1. The molecule has 0 aromatic heterocycles. The molecule has 0 amide bonds. The molecule has 0 bridgehead atoms. The largest absolute Gasteiger partial charge is 0.409 e. The van der Waals surface area contributed by atoms with E-state index in [0.717, 1.165) is 32.2 Å². The van der Waals surface area contributed by atoms with Crippen LogP contribution < -0.4 is 11.1 Å². The first kappa shape index (κ1) is 15.7. The first-order valence-corrected chi connectivity index (χ1v) is 7.26. The molecule has 0 saturated heterocycles. The van der Waals surface area contributed by atoms with E-state index in [1.807, 2.05) is 0 Å². The number of nitrogens with one attached hydrogen (secondary N) is 1. The first-order chi connectivity index (χ1) is 10.1. The van der Waals surface area contributed by atoms with Crippen LogP contribution >= 0.6 is 0 Å². The van der Waals surface area contributed by atoms with E-state index in [0.29, 0.717) is 18.0 Å². The van der Waals surface area contributed by atoms with Gasteiger partial charge >= 0.3 is 0 Å². The van der Waals surface area contributed by atoms with Crippen LogP contribution in [0.25, 0.3) is 0 Å². The molecule has 0 aliphatic heterocycles. The molecule has 2 atom stereocenters. The first-order valence-electron chi connectivity index (χ1n) is 7.26. The number of aliphatic hydroxyl groups excluding tert-OH is 1. The van der Waals surface area contributed by atoms with Crippen molar-refractivity contribution in [3.63, 3.8) is 0 Å². The van der Waals surface area contributed by atoms with Crippen LogP contribution in [-0.4, -0.2) is 28.8 Å². The molecule has 1 fully saturated rings. The number of oxime groups is 1. The fraction of sp³-hybridized carbons (Fsp3) is 0.533. The van der Waals surface area contributed by atoms with E-state index in [1.165, 1.54) is 6.07 Å². The Morgan fingerprint density at radius 2 is 2.24 bits per heavy atom. The lowest BCUT2D eigenvalue weighted by molar-refractivity contribution is 0.101. The number of hydrogen-bond acceptors (Lipinski definition) is 4. The zero-order valence-corrected chi connectivity index (χ0v) is 11.9. The number of rotatable bonds is 5. The van der Waals surface area contributed by atoms with Crippen LogP contribution in [-0.2, 0) is 6.54 Å². The number of aliphatic hydroxyl groups is 1. The second-order valence-electron chi connectivity index (χ2n) is 5.58. The summed E-state index contributed by atoms with van der Waals surface area (Å²) in [4.78, 5) is 0. The van der Waals surface area contributed by atoms with Crippen molar-refractivity contribution in [2.45, 2.75) is 38.3 Å². The molecule has 2 unspecified atom stereocenters. The van der Waals surface area contributed by atoms with Gasteiger partial charge < -0.3 is 21.4 Å². The van der Waals surface area contributed by atoms with E-state index in [4.69, 9.17) is 10.9 Å². The molecule has 1 aromatic carbocycles. The Morgan fingerprint density at radius 1 is 1.43 bits per heavy atom. The summed E-state index contributed by atoms with van der Waals surface area (Å²) >= 11 is 0. The van der Waals surface area contributed by atoms with Gasteiger partial charge in [0.15, 0.2) is 5.84 Å². The maximum absolute atomic E-state index is 14.2. The third kappa shape index (κ3) is 4.15. The molecule has 1 aliphatic rings. The van der Waals surface area contributed by atoms with Gasteiger partial charge in [-0.25, -0.2) is 4.39 Å². The lowest BCUT2D eigenvalue weighted by atomic mass is 9.87. The van der Waals surface area contributed by atoms with Crippen molar-refractivity contribution in [3.05, 3.63) is 35.1 Å². The van der Waals surface area contributed by atoms with E-state index in [9.17, 15) is 9.50 Å². The molecule has 6 heteroatoms. The Morgan fingerprint density at radius 3 is 2.95 bits per heavy atom. The average Bonchev–Trinajstić information content (AvgIpc) is 2.48. The van der Waals surface area contributed by atoms with Gasteiger partial charge in [0.05, 0.1) is 11.7 Å². The highest BCUT2D eigenvalue weighted by Gasteiger charge is 2.19. The highest BCUT2D eigenvalue weighted by Crippen LogP contribution is 2.23. The average molecular weight is 295 g/mol. The van der Waals surface area contributed by atoms with Gasteiger partial charge in [-0.3, -0.25) is 0 Å². The number of amidine groups is 1. The molecular weight excluding hydrogens is 273 g/mol. The van der Waals surface area contributed by atoms with Crippen LogP contribution in [0, 0.1) is 11.7 Å². The third-order valence-electron chi connectivity index (χ3n) is 3.97. The molecule has 0 heterocycles. The number of halogens is 1. The monoisotopic (exact) mass is 295 g/mol. The van der Waals surface area contributed by atoms with Crippen LogP contribution in [0.4, 0.5) is 4.39 Å². The number of nitrogens with zero attached hydrogens (tertiary/aromatic N) is 1. The Hall–Kier alpha value is -1.66. The Bertz CT molecular complexity index is 508. The van der Waals surface area contributed by atoms with Crippen LogP contribution in [0.15, 0.2) is 23.4 Å². The quantitative estimate of drug-likeness (QED) is 0.287. The van der Waals surface area contributed by atoms with Gasteiger partial charge in [-0.15, -0.1) is 0 Å². The van der Waals surface area contributed by atoms with Crippen molar-refractivity contribution >= 4 is 5.84 Å². The Labute approximate surface area is 123 Å². The Kier molecular flexibility index (Phi) is 5.52. The molecule has 0 spiro atoms. The maximum Gasteiger partial charge on any atom is 0.173 e. The summed E-state index contributed by atoms with van der Waals surface area (Å²) in [5.41, 5.74) is 6.02. The second-order valence-corrected chi connectivity index (χ2v) is 5.58. The molecule has 1 aliphatic carbocycles. The smallest absolute Gasteiger partial charge is 0.173 e. The minimum absolute atomic E-state index is 0.102. The second kappa shape index (κ2) is 7.38. The summed E-state index contributed by atoms with van der Waals surface area (Å²) in [6.07, 6.45) is 3.62. The van der Waals surface area contributed by atoms with E-state index in [2.05, 4.69) is 10.5 Å². The van der Waals surface area contributed by atoms with Gasteiger partial charge in [0, 0.05) is 12.1 Å². The lowest BCUT2D eigenvalue weighted by Crippen LogP contribution is -2.29. The fourth-order valence-electron chi connectivity index (χ4n) is 2.83. The van der Waals surface area contributed by atoms with Crippen molar-refractivity contribution in [3.8, 4) is 0 Å². The summed E-state index contributed by atoms with van der Waals surface area (Å²) in [6.45, 7) is 1.13. The zero-order valence-electron chi connectivity index (χ0n) is 11.9. The zero-order chi connectivity index (χ0) is 15.2. The standard InChI is InChI=1S/C15H22FN3O2/c16-14-11(4-2-6-13(14)15(17)19-21)9-18-8-10-3-1-5-12(20)7-10/h2,4,6,10,12,18,20-21H,1,3,5,7-9H2,(H2,17,19). The van der Waals surface area contributed by atoms with Crippen LogP contribution in [0.1, 0.15) is 36.8 Å². The van der Waals surface area contributed by atoms with Crippen molar-refractivity contribution in [1.82, 2.24) is 5.32 Å². The van der Waals surface area contributed by atoms with Crippen LogP contribution in [0.3, 0.4) is 0 Å². The van der Waals surface area contributed by atoms with E-state index < -0.39 is 5.82 Å². The predicted molar refractivity (Wildman–Crippen MR) is 78.6 cm³/mol. The minimum atomic E-state index is -0.469. The summed E-state index contributed by atoms with van der Waals surface area (Å²) < 4.78 is 14.2. The highest BCUT2D eigenvalue weighted by molar-refractivity contribution is 5.97. The molecule has 116 valence electrons. The summed E-state index contributed by atoms with van der Waals surface area (Å²) in [6, 6.07) is 4.83. The van der Waals surface area contributed by atoms with E-state index >= 15 is 0 Å². The van der Waals surface area contributed by atoms with Gasteiger partial charge in [0.1, 0.15) is 5.82 Å². The van der Waals surface area contributed by atoms with Crippen LogP contribution in [0.5, 0.6) is 0 Å². The summed E-state index contributed by atoms with van der Waals surface area (Å²) in [5.74, 6) is -0.266. The number of benzene rings is 1. The van der Waals surface area contributed by atoms with Gasteiger partial charge in [-0.1, -0.05) is 23.7 Å². The topological polar surface area (TPSA) is 90.9 Å². The Balaban J connectivity index is 1.91. The fourth-order valence-corrected chi connectivity index (χ4v) is 2.83. The van der Waals surface area contributed by atoms with E-state index in [-0.39, 0.29) is 17.5 Å². The molecule has 5 nitrogen and oxygen atoms in total. The van der Waals surface area contributed by atoms with Crippen LogP contribution in [0.2, 0.25) is 0 Å². The summed E-state index contributed by atoms with van der Waals surface area (Å²) in [7, 11) is 0. The van der Waals surface area contributed by atoms with E-state index in [1.54, 1.807) is 12.1 Å². The SMILES string of the molecule is N/C(=N/O)c1cccc(CNCC2CCCC(O)C2)c1F. The van der Waals surface area contributed by atoms with Gasteiger partial charge in [0.2, 0.25) is 0 Å². The normalized spacial score (nSPS) is 23.2. The van der Waals surface area contributed by atoms with Crippen molar-refractivity contribution < 1.29 is 14.7 Å². The molecule has 21 heavy (non-hydrogen) atoms. The van der Waals surface area contributed by atoms with Gasteiger partial charge in [0.25, 0.3) is 0 Å². The van der Waals surface area contributed by atoms with Crippen molar-refractivity contribution in [1.29, 1.82) is 0 Å². The van der Waals surface area contributed by atoms with Gasteiger partial charge in [-0.05, 0) is 37.8 Å². The maximum atomic E-state index is 14.2. The lowest BCUT2D eigenvalue weighted by Gasteiger charge is -2.26. The predicted octanol–water partition coefficient (Wildman–Crippen LogP) is 1.56. The minimum Gasteiger partial charge on any atom is -0.409 e. The van der Waals surface area contributed by atoms with Gasteiger partial charge in [-0.2, -0.15) is 0 Å². The summed E-state index contributed by atoms with van der Waals surface area (Å²) in [5, 5.41) is 24.3. The molecule has 0 radical (unpaired) electrons. The molecule has 1 aromatic rings. The number of hydrogen-bond donors (Lipinski definition) is 4. The van der Waals surface area contributed by atoms with Crippen molar-refractivity contribution in [2.24, 2.45) is 16.8 Å². The molecule has 2 rings (SSSR count). The molecular formula is C15H22FN3O2. The van der Waals surface area contributed by atoms with Crippen molar-refractivity contribution in [2.75, 3.05) is 6.54 Å². The highest BCUT2D eigenvalue weighted by atomic mass is 19.1. The molecule has 5 N–H and O–H groups in total. The third-order valence-corrected chi connectivity index (χ3v) is 3.97.